The topological polar surface area (TPSA) is 24.9 Å². The third-order valence-electron chi connectivity index (χ3n) is 1.73. The number of aryl methyl sites for hydroxylation is 1. The molecule has 2 nitrogen and oxygen atoms in total. The molecule has 0 aliphatic heterocycles. The first-order chi connectivity index (χ1) is 5.74. The molecule has 0 unspecified atom stereocenters. The van der Waals surface area contributed by atoms with Crippen LogP contribution >= 0.6 is 11.3 Å². The molecule has 0 radical (unpaired) electrons. The van der Waals surface area contributed by atoms with Gasteiger partial charge in [0.25, 0.3) is 0 Å². The van der Waals surface area contributed by atoms with Gasteiger partial charge in [-0.05, 0) is 6.42 Å². The van der Waals surface area contributed by atoms with E-state index in [-0.39, 0.29) is 0 Å². The third-order valence-corrected chi connectivity index (χ3v) is 2.61. The fraction of sp³-hybridized carbons (Fsp3) is 0.667. The van der Waals surface area contributed by atoms with E-state index in [9.17, 15) is 0 Å². The van der Waals surface area contributed by atoms with Gasteiger partial charge in [-0.3, -0.25) is 0 Å². The van der Waals surface area contributed by atoms with Crippen LogP contribution in [0.15, 0.2) is 5.51 Å². The minimum Gasteiger partial charge on any atom is -0.310 e. The van der Waals surface area contributed by atoms with Crippen LogP contribution in [0.25, 0.3) is 0 Å². The summed E-state index contributed by atoms with van der Waals surface area (Å²) in [6.45, 7) is 7.43. The lowest BCUT2D eigenvalue weighted by molar-refractivity contribution is 0.590. The number of hydrogen-bond acceptors (Lipinski definition) is 3. The Morgan fingerprint density at radius 1 is 1.58 bits per heavy atom. The molecule has 0 aliphatic rings. The van der Waals surface area contributed by atoms with Gasteiger partial charge in [-0.2, -0.15) is 0 Å². The molecule has 0 spiro atoms. The predicted molar refractivity (Wildman–Crippen MR) is 53.5 cm³/mol. The second-order valence-corrected chi connectivity index (χ2v) is 4.05. The van der Waals surface area contributed by atoms with Crippen LogP contribution in [0.4, 0.5) is 0 Å². The van der Waals surface area contributed by atoms with E-state index >= 15 is 0 Å². The van der Waals surface area contributed by atoms with E-state index in [2.05, 4.69) is 31.1 Å². The Kier molecular flexibility index (Phi) is 3.69. The first-order valence-corrected chi connectivity index (χ1v) is 5.26. The lowest BCUT2D eigenvalue weighted by atomic mass is 10.3. The minimum absolute atomic E-state index is 0.553. The lowest BCUT2D eigenvalue weighted by Gasteiger charge is -2.06. The molecule has 1 aromatic heterocycles. The Bertz CT molecular complexity index is 230. The molecular formula is C9H16N2S. The van der Waals surface area contributed by atoms with Gasteiger partial charge in [0.1, 0.15) is 0 Å². The van der Waals surface area contributed by atoms with Crippen LogP contribution in [-0.4, -0.2) is 11.0 Å². The fourth-order valence-corrected chi connectivity index (χ4v) is 1.83. The zero-order valence-electron chi connectivity index (χ0n) is 7.92. The molecule has 3 heteroatoms. The third kappa shape index (κ3) is 2.57. The smallest absolute Gasteiger partial charge is 0.0798 e. The van der Waals surface area contributed by atoms with E-state index in [0.29, 0.717) is 6.04 Å². The molecule has 68 valence electrons. The van der Waals surface area contributed by atoms with Crippen LogP contribution in [-0.2, 0) is 13.0 Å². The number of hydrogen-bond donors (Lipinski definition) is 1. The van der Waals surface area contributed by atoms with Crippen molar-refractivity contribution in [3.8, 4) is 0 Å². The zero-order chi connectivity index (χ0) is 8.97. The van der Waals surface area contributed by atoms with Crippen molar-refractivity contribution in [3.05, 3.63) is 16.1 Å². The van der Waals surface area contributed by atoms with Gasteiger partial charge in [-0.1, -0.05) is 20.8 Å². The normalized spacial score (nSPS) is 11.0. The fourth-order valence-electron chi connectivity index (χ4n) is 1.02. The average molecular weight is 184 g/mol. The molecule has 1 N–H and O–H groups in total. The van der Waals surface area contributed by atoms with Crippen molar-refractivity contribution in [2.75, 3.05) is 0 Å². The highest BCUT2D eigenvalue weighted by atomic mass is 32.1. The van der Waals surface area contributed by atoms with Gasteiger partial charge in [-0.25, -0.2) is 4.98 Å². The molecule has 0 atom stereocenters. The van der Waals surface area contributed by atoms with Crippen molar-refractivity contribution in [1.29, 1.82) is 0 Å². The maximum atomic E-state index is 4.29. The number of nitrogens with zero attached hydrogens (tertiary/aromatic N) is 1. The second-order valence-electron chi connectivity index (χ2n) is 3.11. The van der Waals surface area contributed by atoms with Gasteiger partial charge >= 0.3 is 0 Å². The molecule has 0 amide bonds. The first-order valence-electron chi connectivity index (χ1n) is 4.38. The van der Waals surface area contributed by atoms with E-state index in [1.807, 2.05) is 5.51 Å². The van der Waals surface area contributed by atoms with Gasteiger partial charge < -0.3 is 5.32 Å². The van der Waals surface area contributed by atoms with Crippen LogP contribution in [0.1, 0.15) is 31.3 Å². The van der Waals surface area contributed by atoms with Crippen molar-refractivity contribution in [2.45, 2.75) is 39.8 Å². The Morgan fingerprint density at radius 2 is 2.33 bits per heavy atom. The van der Waals surface area contributed by atoms with E-state index in [1.165, 1.54) is 10.6 Å². The lowest BCUT2D eigenvalue weighted by Crippen LogP contribution is -2.21. The Morgan fingerprint density at radius 3 is 2.92 bits per heavy atom. The summed E-state index contributed by atoms with van der Waals surface area (Å²) in [6.07, 6.45) is 1.04. The highest BCUT2D eigenvalue weighted by Gasteiger charge is 2.03. The molecule has 0 saturated carbocycles. The van der Waals surface area contributed by atoms with Crippen molar-refractivity contribution < 1.29 is 0 Å². The monoisotopic (exact) mass is 184 g/mol. The predicted octanol–water partition coefficient (Wildman–Crippen LogP) is 2.20. The van der Waals surface area contributed by atoms with Gasteiger partial charge in [-0.15, -0.1) is 11.3 Å². The number of nitrogens with one attached hydrogen (secondary N) is 1. The van der Waals surface area contributed by atoms with Crippen molar-refractivity contribution in [2.24, 2.45) is 0 Å². The van der Waals surface area contributed by atoms with Crippen LogP contribution in [0.2, 0.25) is 0 Å². The molecule has 0 aliphatic carbocycles. The minimum atomic E-state index is 0.553. The van der Waals surface area contributed by atoms with Crippen LogP contribution in [0.3, 0.4) is 0 Å². The average Bonchev–Trinajstić information content (AvgIpc) is 2.47. The van der Waals surface area contributed by atoms with Crippen molar-refractivity contribution in [1.82, 2.24) is 10.3 Å². The summed E-state index contributed by atoms with van der Waals surface area (Å²) in [4.78, 5) is 5.67. The van der Waals surface area contributed by atoms with Crippen LogP contribution < -0.4 is 5.32 Å². The Balaban J connectivity index is 2.50. The maximum absolute atomic E-state index is 4.29. The van der Waals surface area contributed by atoms with Crippen LogP contribution in [0, 0.1) is 0 Å². The molecule has 1 aromatic rings. The van der Waals surface area contributed by atoms with Gasteiger partial charge in [0.2, 0.25) is 0 Å². The Labute approximate surface area is 78.0 Å². The largest absolute Gasteiger partial charge is 0.310 e. The summed E-state index contributed by atoms with van der Waals surface area (Å²) in [7, 11) is 0. The summed E-state index contributed by atoms with van der Waals surface area (Å²) in [6, 6.07) is 0.553. The molecule has 12 heavy (non-hydrogen) atoms. The molecule has 1 rings (SSSR count). The van der Waals surface area contributed by atoms with E-state index in [1.54, 1.807) is 11.3 Å². The number of rotatable bonds is 4. The zero-order valence-corrected chi connectivity index (χ0v) is 8.74. The highest BCUT2D eigenvalue weighted by Crippen LogP contribution is 2.13. The maximum Gasteiger partial charge on any atom is 0.0798 e. The van der Waals surface area contributed by atoms with Crippen LogP contribution in [0.5, 0.6) is 0 Å². The number of aromatic nitrogens is 1. The SMILES string of the molecule is CCc1ncsc1CNC(C)C. The Hall–Kier alpha value is -0.410. The molecule has 0 saturated heterocycles. The summed E-state index contributed by atoms with van der Waals surface area (Å²) < 4.78 is 0. The second kappa shape index (κ2) is 4.58. The highest BCUT2D eigenvalue weighted by molar-refractivity contribution is 7.09. The number of thiazole rings is 1. The molecule has 1 heterocycles. The molecule has 0 fully saturated rings. The van der Waals surface area contributed by atoms with E-state index in [0.717, 1.165) is 13.0 Å². The summed E-state index contributed by atoms with van der Waals surface area (Å²) in [5.74, 6) is 0. The van der Waals surface area contributed by atoms with Gasteiger partial charge in [0.05, 0.1) is 11.2 Å². The quantitative estimate of drug-likeness (QED) is 0.776. The van der Waals surface area contributed by atoms with Gasteiger partial charge in [0.15, 0.2) is 0 Å². The summed E-state index contributed by atoms with van der Waals surface area (Å²) in [5, 5.41) is 3.39. The summed E-state index contributed by atoms with van der Waals surface area (Å²) in [5.41, 5.74) is 3.17. The van der Waals surface area contributed by atoms with E-state index < -0.39 is 0 Å². The first kappa shape index (κ1) is 9.68. The molecule has 0 bridgehead atoms. The van der Waals surface area contributed by atoms with E-state index in [4.69, 9.17) is 0 Å². The van der Waals surface area contributed by atoms with Crippen molar-refractivity contribution in [3.63, 3.8) is 0 Å². The molecule has 0 aromatic carbocycles. The molecular weight excluding hydrogens is 168 g/mol. The van der Waals surface area contributed by atoms with Gasteiger partial charge in [0, 0.05) is 17.5 Å². The van der Waals surface area contributed by atoms with Crippen molar-refractivity contribution >= 4 is 11.3 Å². The summed E-state index contributed by atoms with van der Waals surface area (Å²) >= 11 is 1.74. The standard InChI is InChI=1S/C9H16N2S/c1-4-8-9(12-6-11-8)5-10-7(2)3/h6-7,10H,4-5H2,1-3H3.